The lowest BCUT2D eigenvalue weighted by atomic mass is 9.76. The van der Waals surface area contributed by atoms with Gasteiger partial charge in [0.2, 0.25) is 0 Å². The number of nitrogens with zero attached hydrogens (tertiary/aromatic N) is 1. The van der Waals surface area contributed by atoms with Gasteiger partial charge in [0.1, 0.15) is 5.82 Å². The van der Waals surface area contributed by atoms with Crippen LogP contribution in [-0.4, -0.2) is 36.2 Å². The molecular formula is C22H25ClFNO. The van der Waals surface area contributed by atoms with Crippen LogP contribution in [0.25, 0.3) is 6.08 Å². The highest BCUT2D eigenvalue weighted by atomic mass is 35.5. The Morgan fingerprint density at radius 3 is 2.73 bits per heavy atom. The standard InChI is InChI=1S/C22H25ClFNO/c23-20-6-1-4-19(14-20)15-22(17-26)11-3-13-25(16-22)12-2-5-18-7-9-21(24)10-8-18/h1-2,4-10,14,26H,3,11-13,15-17H2/b5-2+/t22-/m0/s1. The maximum atomic E-state index is 13.0. The molecule has 1 fully saturated rings. The van der Waals surface area contributed by atoms with Crippen LogP contribution < -0.4 is 0 Å². The lowest BCUT2D eigenvalue weighted by Gasteiger charge is -2.41. The zero-order valence-electron chi connectivity index (χ0n) is 14.9. The van der Waals surface area contributed by atoms with Crippen molar-refractivity contribution in [3.63, 3.8) is 0 Å². The summed E-state index contributed by atoms with van der Waals surface area (Å²) in [5.41, 5.74) is 2.05. The Labute approximate surface area is 159 Å². The molecule has 0 aliphatic carbocycles. The third-order valence-electron chi connectivity index (χ3n) is 5.09. The molecule has 2 aromatic rings. The quantitative estimate of drug-likeness (QED) is 0.785. The summed E-state index contributed by atoms with van der Waals surface area (Å²) in [7, 11) is 0. The van der Waals surface area contributed by atoms with Crippen LogP contribution >= 0.6 is 11.6 Å². The van der Waals surface area contributed by atoms with Gasteiger partial charge >= 0.3 is 0 Å². The highest BCUT2D eigenvalue weighted by molar-refractivity contribution is 6.30. The molecule has 2 nitrogen and oxygen atoms in total. The third-order valence-corrected chi connectivity index (χ3v) is 5.32. The number of aliphatic hydroxyl groups excluding tert-OH is 1. The summed E-state index contributed by atoms with van der Waals surface area (Å²) in [4.78, 5) is 2.38. The van der Waals surface area contributed by atoms with Gasteiger partial charge in [0.15, 0.2) is 0 Å². The molecule has 0 bridgehead atoms. The molecule has 2 aromatic carbocycles. The highest BCUT2D eigenvalue weighted by Crippen LogP contribution is 2.33. The highest BCUT2D eigenvalue weighted by Gasteiger charge is 2.34. The van der Waals surface area contributed by atoms with Crippen molar-refractivity contribution in [2.45, 2.75) is 19.3 Å². The molecule has 26 heavy (non-hydrogen) atoms. The monoisotopic (exact) mass is 373 g/mol. The first-order chi connectivity index (χ1) is 12.6. The fourth-order valence-electron chi connectivity index (χ4n) is 3.79. The fraction of sp³-hybridized carbons (Fsp3) is 0.364. The van der Waals surface area contributed by atoms with Crippen LogP contribution in [0.2, 0.25) is 5.02 Å². The van der Waals surface area contributed by atoms with Gasteiger partial charge < -0.3 is 5.11 Å². The first kappa shape index (κ1) is 19.1. The number of benzene rings is 2. The van der Waals surface area contributed by atoms with Gasteiger partial charge in [0, 0.05) is 23.5 Å². The molecule has 0 unspecified atom stereocenters. The van der Waals surface area contributed by atoms with E-state index >= 15 is 0 Å². The zero-order valence-corrected chi connectivity index (χ0v) is 15.6. The summed E-state index contributed by atoms with van der Waals surface area (Å²) in [6.45, 7) is 2.90. The minimum Gasteiger partial charge on any atom is -0.396 e. The molecule has 1 heterocycles. The number of aliphatic hydroxyl groups is 1. The van der Waals surface area contributed by atoms with Gasteiger partial charge in [0.05, 0.1) is 6.61 Å². The molecule has 1 N–H and O–H groups in total. The Morgan fingerprint density at radius 1 is 1.19 bits per heavy atom. The van der Waals surface area contributed by atoms with E-state index in [-0.39, 0.29) is 17.8 Å². The van der Waals surface area contributed by atoms with Crippen LogP contribution in [0.3, 0.4) is 0 Å². The largest absolute Gasteiger partial charge is 0.396 e. The van der Waals surface area contributed by atoms with Crippen molar-refractivity contribution in [3.05, 3.63) is 76.6 Å². The Balaban J connectivity index is 1.62. The second-order valence-corrected chi connectivity index (χ2v) is 7.69. The number of rotatable bonds is 6. The van der Waals surface area contributed by atoms with Gasteiger partial charge in [-0.1, -0.05) is 48.0 Å². The van der Waals surface area contributed by atoms with Crippen LogP contribution in [-0.2, 0) is 6.42 Å². The molecule has 1 aliphatic rings. The van der Waals surface area contributed by atoms with Gasteiger partial charge in [-0.15, -0.1) is 0 Å². The lowest BCUT2D eigenvalue weighted by molar-refractivity contribution is 0.0376. The van der Waals surface area contributed by atoms with Gasteiger partial charge in [-0.2, -0.15) is 0 Å². The number of piperidine rings is 1. The maximum absolute atomic E-state index is 13.0. The summed E-state index contributed by atoms with van der Waals surface area (Å²) in [6, 6.07) is 14.4. The Bertz CT molecular complexity index is 746. The van der Waals surface area contributed by atoms with Crippen LogP contribution in [0.15, 0.2) is 54.6 Å². The Kier molecular flexibility index (Phi) is 6.47. The van der Waals surface area contributed by atoms with Crippen molar-refractivity contribution < 1.29 is 9.50 Å². The molecule has 3 rings (SSSR count). The molecule has 4 heteroatoms. The van der Waals surface area contributed by atoms with E-state index < -0.39 is 0 Å². The van der Waals surface area contributed by atoms with Crippen LogP contribution in [0.4, 0.5) is 4.39 Å². The van der Waals surface area contributed by atoms with E-state index in [1.807, 2.05) is 24.3 Å². The summed E-state index contributed by atoms with van der Waals surface area (Å²) in [6.07, 6.45) is 7.06. The molecule has 1 aliphatic heterocycles. The number of likely N-dealkylation sites (tertiary alicyclic amines) is 1. The van der Waals surface area contributed by atoms with E-state index in [2.05, 4.69) is 17.0 Å². The summed E-state index contributed by atoms with van der Waals surface area (Å²) >= 11 is 6.11. The van der Waals surface area contributed by atoms with Crippen molar-refractivity contribution >= 4 is 17.7 Å². The third kappa shape index (κ3) is 5.16. The molecule has 0 amide bonds. The SMILES string of the molecule is OC[C@]1(Cc2cccc(Cl)c2)CCCN(C/C=C/c2ccc(F)cc2)C1. The average Bonchev–Trinajstić information content (AvgIpc) is 2.64. The second-order valence-electron chi connectivity index (χ2n) is 7.26. The van der Waals surface area contributed by atoms with E-state index in [1.54, 1.807) is 12.1 Å². The molecule has 0 saturated carbocycles. The van der Waals surface area contributed by atoms with Gasteiger partial charge in [-0.05, 0) is 61.2 Å². The van der Waals surface area contributed by atoms with Crippen molar-refractivity contribution in [3.8, 4) is 0 Å². The van der Waals surface area contributed by atoms with Crippen molar-refractivity contribution in [2.24, 2.45) is 5.41 Å². The van der Waals surface area contributed by atoms with Crippen molar-refractivity contribution in [1.82, 2.24) is 4.90 Å². The van der Waals surface area contributed by atoms with Crippen molar-refractivity contribution in [2.75, 3.05) is 26.2 Å². The predicted molar refractivity (Wildman–Crippen MR) is 106 cm³/mol. The molecule has 0 radical (unpaired) electrons. The zero-order chi connectivity index (χ0) is 18.4. The molecule has 0 spiro atoms. The Morgan fingerprint density at radius 2 is 2.00 bits per heavy atom. The Hall–Kier alpha value is -1.68. The summed E-state index contributed by atoms with van der Waals surface area (Å²) in [5, 5.41) is 10.8. The smallest absolute Gasteiger partial charge is 0.123 e. The normalized spacial score (nSPS) is 21.3. The van der Waals surface area contributed by atoms with Crippen LogP contribution in [0.5, 0.6) is 0 Å². The maximum Gasteiger partial charge on any atom is 0.123 e. The number of hydrogen-bond acceptors (Lipinski definition) is 2. The minimum atomic E-state index is -0.216. The molecule has 138 valence electrons. The molecule has 1 atom stereocenters. The van der Waals surface area contributed by atoms with Gasteiger partial charge in [-0.25, -0.2) is 4.39 Å². The van der Waals surface area contributed by atoms with Crippen LogP contribution in [0.1, 0.15) is 24.0 Å². The lowest BCUT2D eigenvalue weighted by Crippen LogP contribution is -2.46. The van der Waals surface area contributed by atoms with E-state index in [1.165, 1.54) is 17.7 Å². The van der Waals surface area contributed by atoms with E-state index in [0.29, 0.717) is 0 Å². The second kappa shape index (κ2) is 8.81. The first-order valence-corrected chi connectivity index (χ1v) is 9.46. The number of halogens is 2. The number of hydrogen-bond donors (Lipinski definition) is 1. The van der Waals surface area contributed by atoms with Crippen LogP contribution in [0, 0.1) is 11.2 Å². The average molecular weight is 374 g/mol. The topological polar surface area (TPSA) is 23.5 Å². The van der Waals surface area contributed by atoms with Gasteiger partial charge in [0.25, 0.3) is 0 Å². The predicted octanol–water partition coefficient (Wildman–Crippen LogP) is 4.81. The van der Waals surface area contributed by atoms with E-state index in [0.717, 1.165) is 49.5 Å². The van der Waals surface area contributed by atoms with Gasteiger partial charge in [-0.3, -0.25) is 4.90 Å². The molecule has 0 aromatic heterocycles. The first-order valence-electron chi connectivity index (χ1n) is 9.08. The van der Waals surface area contributed by atoms with E-state index in [4.69, 9.17) is 11.6 Å². The fourth-order valence-corrected chi connectivity index (χ4v) is 4.00. The summed E-state index contributed by atoms with van der Waals surface area (Å²) in [5.74, 6) is -0.216. The minimum absolute atomic E-state index is 0.118. The van der Waals surface area contributed by atoms with E-state index in [9.17, 15) is 9.50 Å². The molecular weight excluding hydrogens is 349 g/mol. The summed E-state index contributed by atoms with van der Waals surface area (Å²) < 4.78 is 13.0. The molecule has 1 saturated heterocycles. The van der Waals surface area contributed by atoms with Crippen molar-refractivity contribution in [1.29, 1.82) is 0 Å².